The first kappa shape index (κ1) is 11.5. The van der Waals surface area contributed by atoms with Crippen LogP contribution in [0, 0.1) is 12.7 Å². The summed E-state index contributed by atoms with van der Waals surface area (Å²) in [6, 6.07) is 12.2. The first-order valence-electron chi connectivity index (χ1n) is 5.32. The third-order valence-corrected chi connectivity index (χ3v) is 2.48. The first-order valence-corrected chi connectivity index (χ1v) is 5.32. The summed E-state index contributed by atoms with van der Waals surface area (Å²) >= 11 is 0. The maximum Gasteiger partial charge on any atom is 0.165 e. The number of halogens is 1. The lowest BCUT2D eigenvalue weighted by Crippen LogP contribution is -1.97. The van der Waals surface area contributed by atoms with Crippen molar-refractivity contribution in [1.29, 1.82) is 0 Å². The van der Waals surface area contributed by atoms with E-state index in [4.69, 9.17) is 4.74 Å². The van der Waals surface area contributed by atoms with E-state index >= 15 is 0 Å². The van der Waals surface area contributed by atoms with E-state index in [2.05, 4.69) is 0 Å². The first-order chi connectivity index (χ1) is 8.16. The molecule has 2 nitrogen and oxygen atoms in total. The molecule has 0 amide bonds. The van der Waals surface area contributed by atoms with Crippen LogP contribution in [0.2, 0.25) is 0 Å². The Balaban J connectivity index is 2.12. The highest BCUT2D eigenvalue weighted by Gasteiger charge is 2.07. The predicted molar refractivity (Wildman–Crippen MR) is 63.6 cm³/mol. The molecule has 0 bridgehead atoms. The normalized spacial score (nSPS) is 10.2. The maximum absolute atomic E-state index is 13.0. The van der Waals surface area contributed by atoms with Crippen LogP contribution in [0.25, 0.3) is 0 Å². The quantitative estimate of drug-likeness (QED) is 0.878. The van der Waals surface area contributed by atoms with E-state index in [-0.39, 0.29) is 0 Å². The fraction of sp³-hybridized carbons (Fsp3) is 0.143. The Labute approximate surface area is 99.3 Å². The van der Waals surface area contributed by atoms with Gasteiger partial charge in [-0.2, -0.15) is 0 Å². The smallest absolute Gasteiger partial charge is 0.165 e. The van der Waals surface area contributed by atoms with Gasteiger partial charge in [0.15, 0.2) is 11.6 Å². The van der Waals surface area contributed by atoms with Crippen molar-refractivity contribution in [1.82, 2.24) is 0 Å². The highest BCUT2D eigenvalue weighted by Crippen LogP contribution is 2.27. The van der Waals surface area contributed by atoms with Gasteiger partial charge in [-0.25, -0.2) is 4.39 Å². The Kier molecular flexibility index (Phi) is 3.28. The molecule has 0 aromatic heterocycles. The Morgan fingerprint density at radius 3 is 2.59 bits per heavy atom. The molecule has 0 saturated carbocycles. The van der Waals surface area contributed by atoms with Crippen molar-refractivity contribution in [3.8, 4) is 11.5 Å². The van der Waals surface area contributed by atoms with E-state index < -0.39 is 11.6 Å². The Morgan fingerprint density at radius 2 is 1.88 bits per heavy atom. The second kappa shape index (κ2) is 4.87. The van der Waals surface area contributed by atoms with E-state index in [1.807, 2.05) is 30.3 Å². The zero-order chi connectivity index (χ0) is 12.3. The third kappa shape index (κ3) is 2.75. The molecular weight excluding hydrogens is 219 g/mol. The Hall–Kier alpha value is -2.03. The van der Waals surface area contributed by atoms with Gasteiger partial charge < -0.3 is 9.84 Å². The topological polar surface area (TPSA) is 29.5 Å². The van der Waals surface area contributed by atoms with Gasteiger partial charge in [0.05, 0.1) is 0 Å². The molecule has 0 aliphatic carbocycles. The summed E-state index contributed by atoms with van der Waals surface area (Å²) in [5.74, 6) is -0.527. The van der Waals surface area contributed by atoms with Gasteiger partial charge in [0.2, 0.25) is 0 Å². The second-order valence-corrected chi connectivity index (χ2v) is 3.84. The molecule has 88 valence electrons. The van der Waals surface area contributed by atoms with Crippen molar-refractivity contribution in [3.63, 3.8) is 0 Å². The highest BCUT2D eigenvalue weighted by atomic mass is 19.1. The number of phenolic OH excluding ortho intramolecular Hbond substituents is 1. The van der Waals surface area contributed by atoms with E-state index in [0.717, 1.165) is 5.56 Å². The molecule has 0 aliphatic heterocycles. The molecule has 0 fully saturated rings. The fourth-order valence-electron chi connectivity index (χ4n) is 1.53. The molecule has 0 saturated heterocycles. The summed E-state index contributed by atoms with van der Waals surface area (Å²) in [6.07, 6.45) is 0. The van der Waals surface area contributed by atoms with E-state index in [9.17, 15) is 9.50 Å². The fourth-order valence-corrected chi connectivity index (χ4v) is 1.53. The van der Waals surface area contributed by atoms with Gasteiger partial charge in [0.1, 0.15) is 12.4 Å². The number of phenols is 1. The van der Waals surface area contributed by atoms with Crippen molar-refractivity contribution >= 4 is 0 Å². The van der Waals surface area contributed by atoms with Crippen LogP contribution in [-0.2, 0) is 6.61 Å². The molecule has 3 heteroatoms. The summed E-state index contributed by atoms with van der Waals surface area (Å²) in [7, 11) is 0. The molecule has 2 rings (SSSR count). The average molecular weight is 232 g/mol. The molecule has 0 heterocycles. The van der Waals surface area contributed by atoms with E-state index in [1.165, 1.54) is 12.1 Å². The molecule has 0 atom stereocenters. The number of hydrogen-bond acceptors (Lipinski definition) is 2. The monoisotopic (exact) mass is 232 g/mol. The largest absolute Gasteiger partial charge is 0.505 e. The Bertz CT molecular complexity index is 509. The highest BCUT2D eigenvalue weighted by molar-refractivity contribution is 5.40. The van der Waals surface area contributed by atoms with Crippen LogP contribution < -0.4 is 4.74 Å². The lowest BCUT2D eigenvalue weighted by Gasteiger charge is -2.10. The summed E-state index contributed by atoms with van der Waals surface area (Å²) in [6.45, 7) is 2.13. The molecule has 0 radical (unpaired) electrons. The molecule has 1 N–H and O–H groups in total. The van der Waals surface area contributed by atoms with Crippen LogP contribution in [0.3, 0.4) is 0 Å². The maximum atomic E-state index is 13.0. The summed E-state index contributed by atoms with van der Waals surface area (Å²) < 4.78 is 18.5. The number of benzene rings is 2. The SMILES string of the molecule is Cc1cc(F)c(O)cc1OCc1ccccc1. The van der Waals surface area contributed by atoms with Crippen LogP contribution in [0.1, 0.15) is 11.1 Å². The summed E-state index contributed by atoms with van der Waals surface area (Å²) in [5.41, 5.74) is 1.69. The molecular formula is C14H13FO2. The van der Waals surface area contributed by atoms with Crippen molar-refractivity contribution in [2.45, 2.75) is 13.5 Å². The lowest BCUT2D eigenvalue weighted by molar-refractivity contribution is 0.300. The van der Waals surface area contributed by atoms with Gasteiger partial charge in [-0.3, -0.25) is 0 Å². The number of rotatable bonds is 3. The number of ether oxygens (including phenoxy) is 1. The Morgan fingerprint density at radius 1 is 1.18 bits per heavy atom. The lowest BCUT2D eigenvalue weighted by atomic mass is 10.2. The molecule has 0 spiro atoms. The summed E-state index contributed by atoms with van der Waals surface area (Å²) in [4.78, 5) is 0. The van der Waals surface area contributed by atoms with Gasteiger partial charge in [-0.05, 0) is 24.1 Å². The van der Waals surface area contributed by atoms with Crippen LogP contribution in [-0.4, -0.2) is 5.11 Å². The van der Waals surface area contributed by atoms with Crippen molar-refractivity contribution in [2.75, 3.05) is 0 Å². The average Bonchev–Trinajstić information content (AvgIpc) is 2.33. The number of aryl methyl sites for hydroxylation is 1. The van der Waals surface area contributed by atoms with Crippen LogP contribution in [0.5, 0.6) is 11.5 Å². The van der Waals surface area contributed by atoms with Crippen LogP contribution in [0.4, 0.5) is 4.39 Å². The van der Waals surface area contributed by atoms with Gasteiger partial charge in [-0.15, -0.1) is 0 Å². The van der Waals surface area contributed by atoms with E-state index in [1.54, 1.807) is 6.92 Å². The van der Waals surface area contributed by atoms with Gasteiger partial charge in [0, 0.05) is 6.07 Å². The third-order valence-electron chi connectivity index (χ3n) is 2.48. The minimum absolute atomic E-state index is 0.390. The van der Waals surface area contributed by atoms with Crippen molar-refractivity contribution in [3.05, 3.63) is 59.4 Å². The van der Waals surface area contributed by atoms with Gasteiger partial charge >= 0.3 is 0 Å². The minimum atomic E-state index is -0.630. The van der Waals surface area contributed by atoms with Gasteiger partial charge in [-0.1, -0.05) is 30.3 Å². The van der Waals surface area contributed by atoms with E-state index in [0.29, 0.717) is 17.9 Å². The predicted octanol–water partition coefficient (Wildman–Crippen LogP) is 3.42. The second-order valence-electron chi connectivity index (χ2n) is 3.84. The van der Waals surface area contributed by atoms with Crippen LogP contribution in [0.15, 0.2) is 42.5 Å². The molecule has 0 unspecified atom stereocenters. The van der Waals surface area contributed by atoms with Crippen molar-refractivity contribution in [2.24, 2.45) is 0 Å². The molecule has 2 aromatic carbocycles. The van der Waals surface area contributed by atoms with Crippen molar-refractivity contribution < 1.29 is 14.2 Å². The summed E-state index contributed by atoms with van der Waals surface area (Å²) in [5, 5.41) is 9.27. The van der Waals surface area contributed by atoms with Gasteiger partial charge in [0.25, 0.3) is 0 Å². The molecule has 2 aromatic rings. The zero-order valence-electron chi connectivity index (χ0n) is 9.48. The number of aromatic hydroxyl groups is 1. The van der Waals surface area contributed by atoms with Crippen LogP contribution >= 0.6 is 0 Å². The molecule has 0 aliphatic rings. The zero-order valence-corrected chi connectivity index (χ0v) is 9.48. The standard InChI is InChI=1S/C14H13FO2/c1-10-7-12(15)13(16)8-14(10)17-9-11-5-3-2-4-6-11/h2-8,16H,9H2,1H3. The molecule has 17 heavy (non-hydrogen) atoms. The number of hydrogen-bond donors (Lipinski definition) is 1. The minimum Gasteiger partial charge on any atom is -0.505 e.